The maximum Gasteiger partial charge on any atom is 0.269 e. The lowest BCUT2D eigenvalue weighted by atomic mass is 9.90. The molecule has 3 heteroatoms. The number of rotatable bonds is 0. The van der Waals surface area contributed by atoms with Crippen LogP contribution in [-0.2, 0) is 19.9 Å². The molecule has 0 saturated carbocycles. The molecule has 0 radical (unpaired) electrons. The summed E-state index contributed by atoms with van der Waals surface area (Å²) < 4.78 is 1.57. The highest BCUT2D eigenvalue weighted by molar-refractivity contribution is 5.25. The van der Waals surface area contributed by atoms with E-state index in [0.29, 0.717) is 0 Å². The van der Waals surface area contributed by atoms with Gasteiger partial charge < -0.3 is 0 Å². The van der Waals surface area contributed by atoms with E-state index < -0.39 is 0 Å². The van der Waals surface area contributed by atoms with E-state index in [1.54, 1.807) is 11.7 Å². The standard InChI is InChI=1S/C9H14N2O/c1-9(2)4-6-7(5-9)10-11(3)8(6)12/h10H,4-5H2,1-3H3. The highest BCUT2D eigenvalue weighted by atomic mass is 16.1. The molecule has 1 aliphatic carbocycles. The van der Waals surface area contributed by atoms with Gasteiger partial charge in [0.15, 0.2) is 0 Å². The van der Waals surface area contributed by atoms with E-state index in [2.05, 4.69) is 18.9 Å². The molecule has 2 rings (SSSR count). The van der Waals surface area contributed by atoms with Gasteiger partial charge in [0.2, 0.25) is 0 Å². The van der Waals surface area contributed by atoms with Gasteiger partial charge in [-0.05, 0) is 18.3 Å². The molecule has 1 heterocycles. The topological polar surface area (TPSA) is 37.8 Å². The molecule has 0 atom stereocenters. The Hall–Kier alpha value is -0.990. The summed E-state index contributed by atoms with van der Waals surface area (Å²) in [6.07, 6.45) is 1.91. The first kappa shape index (κ1) is 7.65. The Morgan fingerprint density at radius 3 is 2.67 bits per heavy atom. The molecule has 0 fully saturated rings. The third kappa shape index (κ3) is 0.924. The van der Waals surface area contributed by atoms with Crippen molar-refractivity contribution in [2.75, 3.05) is 0 Å². The quantitative estimate of drug-likeness (QED) is 0.609. The van der Waals surface area contributed by atoms with E-state index >= 15 is 0 Å². The maximum atomic E-state index is 11.5. The predicted octanol–water partition coefficient (Wildman–Crippen LogP) is 0.838. The summed E-state index contributed by atoms with van der Waals surface area (Å²) in [6.45, 7) is 4.39. The first-order valence-electron chi connectivity index (χ1n) is 4.26. The number of fused-ring (bicyclic) bond motifs is 1. The average molecular weight is 166 g/mol. The average Bonchev–Trinajstić information content (AvgIpc) is 2.33. The van der Waals surface area contributed by atoms with Crippen molar-refractivity contribution in [3.8, 4) is 0 Å². The Morgan fingerprint density at radius 1 is 1.42 bits per heavy atom. The number of nitrogens with one attached hydrogen (secondary N) is 1. The lowest BCUT2D eigenvalue weighted by Gasteiger charge is -2.15. The van der Waals surface area contributed by atoms with Crippen molar-refractivity contribution in [1.82, 2.24) is 9.78 Å². The van der Waals surface area contributed by atoms with Crippen LogP contribution >= 0.6 is 0 Å². The molecule has 0 spiro atoms. The lowest BCUT2D eigenvalue weighted by Crippen LogP contribution is -2.19. The van der Waals surface area contributed by atoms with Crippen LogP contribution in [0.15, 0.2) is 4.79 Å². The fourth-order valence-corrected chi connectivity index (χ4v) is 2.00. The van der Waals surface area contributed by atoms with Crippen molar-refractivity contribution in [3.63, 3.8) is 0 Å². The van der Waals surface area contributed by atoms with Crippen LogP contribution in [-0.4, -0.2) is 9.78 Å². The number of H-pyrrole nitrogens is 1. The first-order valence-corrected chi connectivity index (χ1v) is 4.26. The Bertz CT molecular complexity index is 370. The molecule has 0 amide bonds. The number of aromatic nitrogens is 2. The van der Waals surface area contributed by atoms with Gasteiger partial charge in [-0.15, -0.1) is 0 Å². The van der Waals surface area contributed by atoms with Crippen molar-refractivity contribution in [3.05, 3.63) is 21.6 Å². The molecule has 0 unspecified atom stereocenters. The second kappa shape index (κ2) is 2.03. The van der Waals surface area contributed by atoms with E-state index in [0.717, 1.165) is 24.1 Å². The number of nitrogens with zero attached hydrogens (tertiary/aromatic N) is 1. The van der Waals surface area contributed by atoms with Gasteiger partial charge in [0, 0.05) is 18.3 Å². The SMILES string of the molecule is Cn1[nH]c2c(c1=O)CC(C)(C)C2. The van der Waals surface area contributed by atoms with Crippen LogP contribution in [0.5, 0.6) is 0 Å². The van der Waals surface area contributed by atoms with Gasteiger partial charge >= 0.3 is 0 Å². The van der Waals surface area contributed by atoms with E-state index in [4.69, 9.17) is 0 Å². The molecule has 0 aromatic carbocycles. The van der Waals surface area contributed by atoms with Crippen molar-refractivity contribution in [2.45, 2.75) is 26.7 Å². The van der Waals surface area contributed by atoms with Gasteiger partial charge in [0.05, 0.1) is 0 Å². The van der Waals surface area contributed by atoms with Crippen LogP contribution < -0.4 is 5.56 Å². The zero-order valence-corrected chi connectivity index (χ0v) is 7.77. The molecule has 1 aliphatic rings. The molecule has 1 aromatic rings. The molecule has 1 aromatic heterocycles. The van der Waals surface area contributed by atoms with Crippen molar-refractivity contribution in [1.29, 1.82) is 0 Å². The van der Waals surface area contributed by atoms with Gasteiger partial charge in [-0.1, -0.05) is 13.8 Å². The maximum absolute atomic E-state index is 11.5. The number of aryl methyl sites for hydroxylation is 1. The zero-order chi connectivity index (χ0) is 8.93. The third-order valence-corrected chi connectivity index (χ3v) is 2.54. The molecule has 0 aliphatic heterocycles. The van der Waals surface area contributed by atoms with Gasteiger partial charge in [-0.25, -0.2) is 0 Å². The Balaban J connectivity index is 2.53. The normalized spacial score (nSPS) is 19.6. The minimum absolute atomic E-state index is 0.149. The minimum atomic E-state index is 0.149. The summed E-state index contributed by atoms with van der Waals surface area (Å²) in [4.78, 5) is 11.5. The number of hydrogen-bond acceptors (Lipinski definition) is 1. The first-order chi connectivity index (χ1) is 5.49. The summed E-state index contributed by atoms with van der Waals surface area (Å²) in [5.74, 6) is 0. The summed E-state index contributed by atoms with van der Waals surface area (Å²) in [5.41, 5.74) is 2.54. The molecular weight excluding hydrogens is 152 g/mol. The lowest BCUT2D eigenvalue weighted by molar-refractivity contribution is 0.384. The van der Waals surface area contributed by atoms with E-state index in [1.807, 2.05) is 0 Å². The fourth-order valence-electron chi connectivity index (χ4n) is 2.00. The van der Waals surface area contributed by atoms with Crippen molar-refractivity contribution in [2.24, 2.45) is 12.5 Å². The highest BCUT2D eigenvalue weighted by Crippen LogP contribution is 2.33. The van der Waals surface area contributed by atoms with Gasteiger partial charge in [0.1, 0.15) is 0 Å². The monoisotopic (exact) mass is 166 g/mol. The molecule has 1 N–H and O–H groups in total. The number of hydrogen-bond donors (Lipinski definition) is 1. The Morgan fingerprint density at radius 2 is 2.08 bits per heavy atom. The van der Waals surface area contributed by atoms with Crippen LogP contribution in [0.1, 0.15) is 25.1 Å². The van der Waals surface area contributed by atoms with Crippen LogP contribution in [0.4, 0.5) is 0 Å². The van der Waals surface area contributed by atoms with Gasteiger partial charge in [-0.3, -0.25) is 14.6 Å². The second-order valence-electron chi connectivity index (χ2n) is 4.45. The largest absolute Gasteiger partial charge is 0.300 e. The predicted molar refractivity (Wildman–Crippen MR) is 47.2 cm³/mol. The van der Waals surface area contributed by atoms with Crippen LogP contribution in [0.2, 0.25) is 0 Å². The zero-order valence-electron chi connectivity index (χ0n) is 7.77. The molecule has 3 nitrogen and oxygen atoms in total. The second-order valence-corrected chi connectivity index (χ2v) is 4.45. The molecular formula is C9H14N2O. The van der Waals surface area contributed by atoms with Gasteiger partial charge in [0.25, 0.3) is 5.56 Å². The van der Waals surface area contributed by atoms with Crippen molar-refractivity contribution < 1.29 is 0 Å². The van der Waals surface area contributed by atoms with Gasteiger partial charge in [-0.2, -0.15) is 0 Å². The summed E-state index contributed by atoms with van der Waals surface area (Å²) >= 11 is 0. The summed E-state index contributed by atoms with van der Waals surface area (Å²) in [7, 11) is 1.77. The third-order valence-electron chi connectivity index (χ3n) is 2.54. The molecule has 12 heavy (non-hydrogen) atoms. The minimum Gasteiger partial charge on any atom is -0.300 e. The number of aromatic amines is 1. The summed E-state index contributed by atoms with van der Waals surface area (Å²) in [6, 6.07) is 0. The van der Waals surface area contributed by atoms with E-state index in [1.165, 1.54) is 0 Å². The fraction of sp³-hybridized carbons (Fsp3) is 0.667. The smallest absolute Gasteiger partial charge is 0.269 e. The molecule has 66 valence electrons. The van der Waals surface area contributed by atoms with E-state index in [9.17, 15) is 4.79 Å². The molecule has 0 saturated heterocycles. The highest BCUT2D eigenvalue weighted by Gasteiger charge is 2.32. The van der Waals surface area contributed by atoms with Crippen LogP contribution in [0.3, 0.4) is 0 Å². The molecule has 0 bridgehead atoms. The van der Waals surface area contributed by atoms with Crippen LogP contribution in [0, 0.1) is 5.41 Å². The Labute approximate surface area is 71.4 Å². The van der Waals surface area contributed by atoms with Crippen LogP contribution in [0.25, 0.3) is 0 Å². The Kier molecular flexibility index (Phi) is 1.29. The van der Waals surface area contributed by atoms with Crippen molar-refractivity contribution >= 4 is 0 Å². The summed E-state index contributed by atoms with van der Waals surface area (Å²) in [5, 5.41) is 3.08. The van der Waals surface area contributed by atoms with E-state index in [-0.39, 0.29) is 11.0 Å².